The second-order valence-corrected chi connectivity index (χ2v) is 31.9. The molecule has 20 atom stereocenters. The molecule has 4 N–H and O–H groups in total. The first-order valence-electron chi connectivity index (χ1n) is 30.4. The smallest absolute Gasteiger partial charge is 0.309 e. The zero-order valence-electron chi connectivity index (χ0n) is 49.5. The molecule has 9 heteroatoms. The van der Waals surface area contributed by atoms with Crippen molar-refractivity contribution in [2.75, 3.05) is 0 Å². The number of carboxylic acids is 3. The van der Waals surface area contributed by atoms with Gasteiger partial charge in [-0.25, -0.2) is 0 Å². The van der Waals surface area contributed by atoms with Crippen LogP contribution in [-0.2, 0) is 23.9 Å². The van der Waals surface area contributed by atoms with Crippen LogP contribution in [0, 0.1) is 119 Å². The van der Waals surface area contributed by atoms with Gasteiger partial charge in [0.15, 0.2) is 0 Å². The molecule has 10 fully saturated rings. The summed E-state index contributed by atoms with van der Waals surface area (Å²) in [5, 5.41) is 41.5. The van der Waals surface area contributed by atoms with E-state index in [1.165, 1.54) is 31.3 Å². The van der Waals surface area contributed by atoms with E-state index in [1.54, 1.807) is 13.8 Å². The normalized spacial score (nSPS) is 49.9. The summed E-state index contributed by atoms with van der Waals surface area (Å²) in [5.41, 5.74) is 0.878. The van der Waals surface area contributed by atoms with Crippen molar-refractivity contribution >= 4 is 23.9 Å². The van der Waals surface area contributed by atoms with E-state index in [4.69, 9.17) is 4.74 Å². The number of rotatable bonds is 8. The second-order valence-electron chi connectivity index (χ2n) is 31.9. The Balaban J connectivity index is 0.000000189. The van der Waals surface area contributed by atoms with Crippen molar-refractivity contribution in [2.45, 2.75) is 244 Å². The van der Waals surface area contributed by atoms with Gasteiger partial charge in [-0.05, 0) is 253 Å². The lowest BCUT2D eigenvalue weighted by Crippen LogP contribution is -2.67. The summed E-state index contributed by atoms with van der Waals surface area (Å²) in [5.74, 6) is 1.63. The molecule has 10 aliphatic carbocycles. The number of hydrogen-bond acceptors (Lipinski definition) is 6. The van der Waals surface area contributed by atoms with E-state index in [0.717, 1.165) is 108 Å². The molecule has 75 heavy (non-hydrogen) atoms. The molecular formula is C66H104O9. The van der Waals surface area contributed by atoms with Crippen molar-refractivity contribution < 1.29 is 44.3 Å². The van der Waals surface area contributed by atoms with E-state index in [9.17, 15) is 39.6 Å². The van der Waals surface area contributed by atoms with Crippen LogP contribution in [0.4, 0.5) is 0 Å². The van der Waals surface area contributed by atoms with Gasteiger partial charge in [-0.1, -0.05) is 93.5 Å². The summed E-state index contributed by atoms with van der Waals surface area (Å²) in [6.45, 7) is 40.6. The fourth-order valence-electron chi connectivity index (χ4n) is 23.8. The Labute approximate surface area is 453 Å². The number of esters is 1. The van der Waals surface area contributed by atoms with Crippen LogP contribution in [0.25, 0.3) is 0 Å². The number of carbonyl (C=O) groups excluding carboxylic acids is 1. The summed E-state index contributed by atoms with van der Waals surface area (Å²) in [7, 11) is 0. The third kappa shape index (κ3) is 7.75. The molecule has 0 aromatic heterocycles. The number of aliphatic hydroxyl groups is 1. The summed E-state index contributed by atoms with van der Waals surface area (Å²) in [6.07, 6.45) is 19.8. The maximum Gasteiger partial charge on any atom is 0.309 e. The maximum absolute atomic E-state index is 12.9. The summed E-state index contributed by atoms with van der Waals surface area (Å²) in [4.78, 5) is 50.2. The Morgan fingerprint density at radius 1 is 0.493 bits per heavy atom. The summed E-state index contributed by atoms with van der Waals surface area (Å²) < 4.78 is 6.10. The Bertz CT molecular complexity index is 2350. The van der Waals surface area contributed by atoms with Gasteiger partial charge in [0.05, 0.1) is 28.8 Å². The number of aliphatic hydroxyl groups excluding tert-OH is 1. The Hall–Kier alpha value is -2.68. The fourth-order valence-corrected chi connectivity index (χ4v) is 23.8. The van der Waals surface area contributed by atoms with Gasteiger partial charge in [-0.3, -0.25) is 19.2 Å². The minimum Gasteiger partial charge on any atom is -0.481 e. The highest BCUT2D eigenvalue weighted by molar-refractivity contribution is 5.81. The zero-order chi connectivity index (χ0) is 55.4. The van der Waals surface area contributed by atoms with Gasteiger partial charge in [0.25, 0.3) is 0 Å². The van der Waals surface area contributed by atoms with Crippen molar-refractivity contribution in [3.05, 3.63) is 24.3 Å². The predicted octanol–water partition coefficient (Wildman–Crippen LogP) is 15.2. The van der Waals surface area contributed by atoms with E-state index in [-0.39, 0.29) is 73.8 Å². The number of ether oxygens (including phenoxy) is 1. The Kier molecular flexibility index (Phi) is 13.8. The standard InChI is InChI=1S/C36H56O6.C30H48O3/c1-21(2)22-12-17-36(30(40)41)19-18-34(8)23(28(22)36)10-11-25-33(7)15-14-26(42-27(37)20-31(3,4)29(38)39)32(5,6)24(33)13-16-35(25,34)9;1-18(2)19-10-15-30(25(32)33)17-16-28(6)20(24(19)30)8-9-22-27(5)13-12-23(31)26(3,4)21(27)11-14-29(22,28)7/h22-26,28H,1,10-20H2,2-9H3,(H,38,39)(H,40,41);19-24,31H,1,8-17H2,2-7H3,(H,32,33)/t22-,23+,24-,25+,26-,28+,33-,34+,35+,36-;19-,20+,21-,22+,23-,24+,27-,28+,29+,30-/m00/s1. The molecule has 0 unspecified atom stereocenters. The van der Waals surface area contributed by atoms with E-state index in [1.807, 2.05) is 0 Å². The van der Waals surface area contributed by atoms with E-state index in [0.29, 0.717) is 47.3 Å². The molecule has 10 aliphatic rings. The van der Waals surface area contributed by atoms with E-state index < -0.39 is 40.1 Å². The lowest BCUT2D eigenvalue weighted by Gasteiger charge is -2.72. The molecule has 0 aromatic rings. The van der Waals surface area contributed by atoms with Gasteiger partial charge in [0.1, 0.15) is 6.10 Å². The van der Waals surface area contributed by atoms with Crippen LogP contribution in [0.1, 0.15) is 232 Å². The lowest BCUT2D eigenvalue weighted by atomic mass is 9.32. The van der Waals surface area contributed by atoms with Gasteiger partial charge in [0, 0.05) is 5.41 Å². The molecule has 0 amide bonds. The van der Waals surface area contributed by atoms with Gasteiger partial charge in [0.2, 0.25) is 0 Å². The van der Waals surface area contributed by atoms with Crippen LogP contribution in [0.3, 0.4) is 0 Å². The number of fused-ring (bicyclic) bond motifs is 14. The largest absolute Gasteiger partial charge is 0.481 e. The fraction of sp³-hybridized carbons (Fsp3) is 0.879. The minimum absolute atomic E-state index is 0.0202. The molecule has 9 nitrogen and oxygen atoms in total. The molecule has 422 valence electrons. The quantitative estimate of drug-likeness (QED) is 0.137. The first-order valence-corrected chi connectivity index (χ1v) is 30.4. The highest BCUT2D eigenvalue weighted by Gasteiger charge is 2.74. The van der Waals surface area contributed by atoms with Gasteiger partial charge >= 0.3 is 23.9 Å². The third-order valence-electron chi connectivity index (χ3n) is 28.3. The Morgan fingerprint density at radius 3 is 1.31 bits per heavy atom. The topological polar surface area (TPSA) is 158 Å². The van der Waals surface area contributed by atoms with E-state index >= 15 is 0 Å². The molecule has 0 aromatic carbocycles. The predicted molar refractivity (Wildman–Crippen MR) is 295 cm³/mol. The molecule has 0 aliphatic heterocycles. The van der Waals surface area contributed by atoms with Crippen molar-refractivity contribution in [3.63, 3.8) is 0 Å². The average Bonchev–Trinajstić information content (AvgIpc) is 3.91. The number of carboxylic acid groups (broad SMARTS) is 3. The molecule has 10 rings (SSSR count). The molecule has 0 heterocycles. The van der Waals surface area contributed by atoms with Crippen LogP contribution in [0.15, 0.2) is 24.3 Å². The first-order chi connectivity index (χ1) is 34.5. The number of carbonyl (C=O) groups is 4. The highest BCUT2D eigenvalue weighted by Crippen LogP contribution is 2.80. The van der Waals surface area contributed by atoms with E-state index in [2.05, 4.69) is 96.2 Å². The van der Waals surface area contributed by atoms with Crippen LogP contribution in [0.5, 0.6) is 0 Å². The third-order valence-corrected chi connectivity index (χ3v) is 28.3. The molecule has 0 saturated heterocycles. The number of aliphatic carboxylic acids is 3. The van der Waals surface area contributed by atoms with Crippen LogP contribution in [-0.4, -0.2) is 56.5 Å². The molecular weight excluding hydrogens is 937 g/mol. The van der Waals surface area contributed by atoms with Crippen molar-refractivity contribution in [1.82, 2.24) is 0 Å². The molecule has 10 saturated carbocycles. The van der Waals surface area contributed by atoms with Crippen LogP contribution < -0.4 is 0 Å². The monoisotopic (exact) mass is 1040 g/mol. The second kappa shape index (κ2) is 18.2. The first kappa shape index (κ1) is 57.0. The Morgan fingerprint density at radius 2 is 0.907 bits per heavy atom. The highest BCUT2D eigenvalue weighted by atomic mass is 16.5. The van der Waals surface area contributed by atoms with Crippen molar-refractivity contribution in [2.24, 2.45) is 119 Å². The average molecular weight is 1040 g/mol. The minimum atomic E-state index is -1.15. The summed E-state index contributed by atoms with van der Waals surface area (Å²) in [6, 6.07) is 0. The maximum atomic E-state index is 12.9. The SMILES string of the molecule is C=C(C)[C@@H]1CC[C@]2(C(=O)O)CC[C@]3(C)[C@H](CC[C@@H]4[C@@]5(C)CC[C@H](O)C(C)(C)[C@@H]5CC[C@]43C)[C@@H]12.C=C(C)[C@@H]1CC[C@]2(C(=O)O)CC[C@]3(C)[C@H](CC[C@@H]4[C@@]5(C)CC[C@H](OC(=O)CC(C)(C)C(=O)O)C(C)(C)[C@@H]5CC[C@]43C)[C@@H]12. The van der Waals surface area contributed by atoms with Crippen molar-refractivity contribution in [1.29, 1.82) is 0 Å². The van der Waals surface area contributed by atoms with Crippen LogP contribution in [0.2, 0.25) is 0 Å². The number of hydrogen-bond donors (Lipinski definition) is 4. The molecule has 0 bridgehead atoms. The summed E-state index contributed by atoms with van der Waals surface area (Å²) >= 11 is 0. The molecule has 0 radical (unpaired) electrons. The zero-order valence-corrected chi connectivity index (χ0v) is 49.5. The number of allylic oxidation sites excluding steroid dienone is 2. The molecule has 0 spiro atoms. The van der Waals surface area contributed by atoms with Crippen LogP contribution >= 0.6 is 0 Å². The van der Waals surface area contributed by atoms with Gasteiger partial charge in [-0.2, -0.15) is 0 Å². The van der Waals surface area contributed by atoms with Gasteiger partial charge in [-0.15, -0.1) is 0 Å². The lowest BCUT2D eigenvalue weighted by molar-refractivity contribution is -0.250. The van der Waals surface area contributed by atoms with Crippen molar-refractivity contribution in [3.8, 4) is 0 Å². The van der Waals surface area contributed by atoms with Gasteiger partial charge < -0.3 is 25.2 Å².